The highest BCUT2D eigenvalue weighted by Crippen LogP contribution is 2.27. The fourth-order valence-electron chi connectivity index (χ4n) is 3.65. The minimum Gasteiger partial charge on any atom is -0.497 e. The number of hydrogen-bond donors (Lipinski definition) is 1. The van der Waals surface area contributed by atoms with E-state index in [1.807, 2.05) is 24.3 Å². The Morgan fingerprint density at radius 1 is 1.25 bits per heavy atom. The Bertz CT molecular complexity index is 862. The number of amides is 1. The molecule has 1 fully saturated rings. The van der Waals surface area contributed by atoms with E-state index in [0.717, 1.165) is 37.2 Å². The first-order valence-electron chi connectivity index (χ1n) is 9.41. The summed E-state index contributed by atoms with van der Waals surface area (Å²) in [5, 5.41) is 14.0. The lowest BCUT2D eigenvalue weighted by Crippen LogP contribution is -2.36. The van der Waals surface area contributed by atoms with Gasteiger partial charge >= 0.3 is 0 Å². The molecule has 0 spiro atoms. The molecule has 1 heterocycles. The summed E-state index contributed by atoms with van der Waals surface area (Å²) in [6, 6.07) is 12.4. The van der Waals surface area contributed by atoms with Crippen molar-refractivity contribution in [3.8, 4) is 5.75 Å². The standard InChI is InChI=1S/C21H25N3O4/c1-15-12-17(8-9-19(15)24(26)27)21(25)22-14-20(23-10-3-4-11-23)16-6-5-7-18(13-16)28-2/h5-9,12-13,20H,3-4,10-11,14H2,1-2H3,(H,22,25). The molecule has 7 nitrogen and oxygen atoms in total. The van der Waals surface area contributed by atoms with Crippen LogP contribution in [0.4, 0.5) is 5.69 Å². The molecule has 0 aromatic heterocycles. The summed E-state index contributed by atoms with van der Waals surface area (Å²) in [5.74, 6) is 0.559. The number of carbonyl (C=O) groups is 1. The van der Waals surface area contributed by atoms with Gasteiger partial charge in [-0.15, -0.1) is 0 Å². The van der Waals surface area contributed by atoms with Gasteiger partial charge in [-0.1, -0.05) is 12.1 Å². The van der Waals surface area contributed by atoms with E-state index >= 15 is 0 Å². The highest BCUT2D eigenvalue weighted by atomic mass is 16.6. The quantitative estimate of drug-likeness (QED) is 0.584. The predicted molar refractivity (Wildman–Crippen MR) is 107 cm³/mol. The van der Waals surface area contributed by atoms with Gasteiger partial charge in [0.1, 0.15) is 5.75 Å². The molecule has 148 valence electrons. The molecule has 1 N–H and O–H groups in total. The first-order valence-corrected chi connectivity index (χ1v) is 9.41. The fourth-order valence-corrected chi connectivity index (χ4v) is 3.65. The van der Waals surface area contributed by atoms with Gasteiger partial charge in [-0.25, -0.2) is 0 Å². The zero-order chi connectivity index (χ0) is 20.1. The zero-order valence-corrected chi connectivity index (χ0v) is 16.2. The monoisotopic (exact) mass is 383 g/mol. The molecule has 1 unspecified atom stereocenters. The summed E-state index contributed by atoms with van der Waals surface area (Å²) in [6.07, 6.45) is 2.30. The van der Waals surface area contributed by atoms with Crippen LogP contribution in [0.25, 0.3) is 0 Å². The molecule has 28 heavy (non-hydrogen) atoms. The Hall–Kier alpha value is -2.93. The summed E-state index contributed by atoms with van der Waals surface area (Å²) in [5.41, 5.74) is 2.01. The molecule has 7 heteroatoms. The van der Waals surface area contributed by atoms with Gasteiger partial charge in [0.05, 0.1) is 18.1 Å². The van der Waals surface area contributed by atoms with Crippen LogP contribution >= 0.6 is 0 Å². The molecule has 1 aliphatic heterocycles. The second kappa shape index (κ2) is 8.84. The number of nitrogens with one attached hydrogen (secondary N) is 1. The normalized spacial score (nSPS) is 15.2. The van der Waals surface area contributed by atoms with Gasteiger partial charge in [-0.05, 0) is 62.7 Å². The van der Waals surface area contributed by atoms with Crippen molar-refractivity contribution in [3.63, 3.8) is 0 Å². The van der Waals surface area contributed by atoms with Crippen LogP contribution in [0.3, 0.4) is 0 Å². The molecular weight excluding hydrogens is 358 g/mol. The summed E-state index contributed by atoms with van der Waals surface area (Å²) < 4.78 is 5.35. The van der Waals surface area contributed by atoms with Crippen molar-refractivity contribution >= 4 is 11.6 Å². The Kier molecular flexibility index (Phi) is 6.26. The molecule has 3 rings (SSSR count). The molecule has 2 aromatic carbocycles. The number of ether oxygens (including phenoxy) is 1. The van der Waals surface area contributed by atoms with E-state index in [9.17, 15) is 14.9 Å². The van der Waals surface area contributed by atoms with Crippen LogP contribution in [0, 0.1) is 17.0 Å². The SMILES string of the molecule is COc1cccc(C(CNC(=O)c2ccc([N+](=O)[O-])c(C)c2)N2CCCC2)c1. The summed E-state index contributed by atoms with van der Waals surface area (Å²) in [4.78, 5) is 25.5. The van der Waals surface area contributed by atoms with Gasteiger partial charge in [0.25, 0.3) is 11.6 Å². The predicted octanol–water partition coefficient (Wildman–Crippen LogP) is 3.48. The molecule has 1 saturated heterocycles. The lowest BCUT2D eigenvalue weighted by Gasteiger charge is -2.28. The third kappa shape index (κ3) is 4.48. The first-order chi connectivity index (χ1) is 13.5. The molecule has 1 aliphatic rings. The highest BCUT2D eigenvalue weighted by molar-refractivity contribution is 5.94. The second-order valence-electron chi connectivity index (χ2n) is 7.00. The molecule has 1 amide bonds. The minimum atomic E-state index is -0.441. The number of carbonyl (C=O) groups excluding carboxylic acids is 1. The Labute approximate surface area is 164 Å². The van der Waals surface area contributed by atoms with Crippen molar-refractivity contribution in [2.75, 3.05) is 26.7 Å². The third-order valence-corrected chi connectivity index (χ3v) is 5.17. The van der Waals surface area contributed by atoms with Crippen LogP contribution in [0.2, 0.25) is 0 Å². The Morgan fingerprint density at radius 3 is 2.64 bits per heavy atom. The molecule has 1 atom stereocenters. The van der Waals surface area contributed by atoms with Crippen LogP contribution in [0.1, 0.15) is 40.4 Å². The van der Waals surface area contributed by atoms with Crippen LogP contribution in [0.15, 0.2) is 42.5 Å². The molecule has 0 saturated carbocycles. The molecule has 0 aliphatic carbocycles. The summed E-state index contributed by atoms with van der Waals surface area (Å²) in [6.45, 7) is 4.09. The van der Waals surface area contributed by atoms with E-state index in [4.69, 9.17) is 4.74 Å². The second-order valence-corrected chi connectivity index (χ2v) is 7.00. The number of nitro benzene ring substituents is 1. The van der Waals surface area contributed by atoms with Gasteiger partial charge in [0.2, 0.25) is 0 Å². The fraction of sp³-hybridized carbons (Fsp3) is 0.381. The van der Waals surface area contributed by atoms with Gasteiger partial charge < -0.3 is 10.1 Å². The Morgan fingerprint density at radius 2 is 2.00 bits per heavy atom. The van der Waals surface area contributed by atoms with E-state index in [1.54, 1.807) is 20.1 Å². The molecular formula is C21H25N3O4. The number of nitro groups is 1. The summed E-state index contributed by atoms with van der Waals surface area (Å²) in [7, 11) is 1.64. The van der Waals surface area contributed by atoms with Gasteiger partial charge in [0.15, 0.2) is 0 Å². The number of hydrogen-bond acceptors (Lipinski definition) is 5. The number of nitrogens with zero attached hydrogens (tertiary/aromatic N) is 2. The number of methoxy groups -OCH3 is 1. The smallest absolute Gasteiger partial charge is 0.272 e. The lowest BCUT2D eigenvalue weighted by atomic mass is 10.0. The maximum absolute atomic E-state index is 12.6. The molecule has 0 radical (unpaired) electrons. The van der Waals surface area contributed by atoms with Crippen molar-refractivity contribution < 1.29 is 14.5 Å². The largest absolute Gasteiger partial charge is 0.497 e. The molecule has 2 aromatic rings. The van der Waals surface area contributed by atoms with E-state index in [2.05, 4.69) is 10.2 Å². The Balaban J connectivity index is 1.75. The zero-order valence-electron chi connectivity index (χ0n) is 16.2. The van der Waals surface area contributed by atoms with E-state index < -0.39 is 4.92 Å². The van der Waals surface area contributed by atoms with Crippen molar-refractivity contribution in [3.05, 3.63) is 69.3 Å². The van der Waals surface area contributed by atoms with Gasteiger partial charge in [-0.3, -0.25) is 19.8 Å². The van der Waals surface area contributed by atoms with Gasteiger partial charge in [0, 0.05) is 23.7 Å². The number of aryl methyl sites for hydroxylation is 1. The number of rotatable bonds is 7. The summed E-state index contributed by atoms with van der Waals surface area (Å²) >= 11 is 0. The topological polar surface area (TPSA) is 84.7 Å². The minimum absolute atomic E-state index is 0.0165. The molecule has 0 bridgehead atoms. The highest BCUT2D eigenvalue weighted by Gasteiger charge is 2.24. The number of benzene rings is 2. The first kappa shape index (κ1) is 19.8. The van der Waals surface area contributed by atoms with Crippen LogP contribution < -0.4 is 10.1 Å². The van der Waals surface area contributed by atoms with E-state index in [0.29, 0.717) is 17.7 Å². The van der Waals surface area contributed by atoms with Crippen molar-refractivity contribution in [2.24, 2.45) is 0 Å². The van der Waals surface area contributed by atoms with Crippen molar-refractivity contribution in [2.45, 2.75) is 25.8 Å². The van der Waals surface area contributed by atoms with Crippen LogP contribution in [-0.4, -0.2) is 42.5 Å². The lowest BCUT2D eigenvalue weighted by molar-refractivity contribution is -0.385. The van der Waals surface area contributed by atoms with Crippen LogP contribution in [-0.2, 0) is 0 Å². The van der Waals surface area contributed by atoms with Crippen molar-refractivity contribution in [1.82, 2.24) is 10.2 Å². The average Bonchev–Trinajstić information content (AvgIpc) is 3.22. The van der Waals surface area contributed by atoms with Gasteiger partial charge in [-0.2, -0.15) is 0 Å². The van der Waals surface area contributed by atoms with E-state index in [1.165, 1.54) is 12.1 Å². The maximum atomic E-state index is 12.6. The maximum Gasteiger partial charge on any atom is 0.272 e. The van der Waals surface area contributed by atoms with E-state index in [-0.39, 0.29) is 17.6 Å². The van der Waals surface area contributed by atoms with Crippen molar-refractivity contribution in [1.29, 1.82) is 0 Å². The third-order valence-electron chi connectivity index (χ3n) is 5.17. The average molecular weight is 383 g/mol. The number of likely N-dealkylation sites (tertiary alicyclic amines) is 1. The van der Waals surface area contributed by atoms with Crippen LogP contribution in [0.5, 0.6) is 5.75 Å².